The molecule has 2 rings (SSSR count). The van der Waals surface area contributed by atoms with E-state index in [0.29, 0.717) is 12.0 Å². The Hall–Kier alpha value is -2.04. The molecule has 0 aromatic heterocycles. The first-order valence-electron chi connectivity index (χ1n) is 8.51. The van der Waals surface area contributed by atoms with E-state index in [1.807, 2.05) is 12.1 Å². The van der Waals surface area contributed by atoms with E-state index >= 15 is 0 Å². The molecule has 126 valence electrons. The first-order chi connectivity index (χ1) is 11.0. The Morgan fingerprint density at radius 2 is 2.04 bits per heavy atom. The molecule has 0 atom stereocenters. The average Bonchev–Trinajstić information content (AvgIpc) is 2.54. The molecule has 1 amide bonds. The van der Waals surface area contributed by atoms with Crippen molar-refractivity contribution < 1.29 is 4.79 Å². The Bertz CT molecular complexity index is 548. The van der Waals surface area contributed by atoms with Gasteiger partial charge >= 0.3 is 0 Å². The summed E-state index contributed by atoms with van der Waals surface area (Å²) in [6.07, 6.45) is 5.82. The van der Waals surface area contributed by atoms with Gasteiger partial charge in [0.25, 0.3) is 0 Å². The van der Waals surface area contributed by atoms with Gasteiger partial charge in [-0.15, -0.1) is 0 Å². The number of guanidine groups is 1. The molecule has 0 aliphatic heterocycles. The molecule has 4 N–H and O–H groups in total. The van der Waals surface area contributed by atoms with Gasteiger partial charge < -0.3 is 16.4 Å². The van der Waals surface area contributed by atoms with Crippen molar-refractivity contribution in [2.45, 2.75) is 57.9 Å². The minimum Gasteiger partial charge on any atom is -0.370 e. The van der Waals surface area contributed by atoms with Crippen LogP contribution in [0.15, 0.2) is 29.3 Å². The van der Waals surface area contributed by atoms with Crippen molar-refractivity contribution in [3.8, 4) is 0 Å². The van der Waals surface area contributed by atoms with E-state index in [0.717, 1.165) is 18.5 Å². The van der Waals surface area contributed by atoms with Crippen LogP contribution >= 0.6 is 0 Å². The minimum absolute atomic E-state index is 0.0578. The lowest BCUT2D eigenvalue weighted by molar-refractivity contribution is -0.120. The average molecular weight is 316 g/mol. The molecule has 5 heteroatoms. The van der Waals surface area contributed by atoms with Crippen LogP contribution in [0.25, 0.3) is 0 Å². The highest BCUT2D eigenvalue weighted by Gasteiger charge is 2.15. The molecule has 0 radical (unpaired) electrons. The standard InChI is InChI=1S/C18H28N4O/c1-13(2)14-7-6-10-16(11-14)22-18(19)20-12-17(23)21-15-8-4-3-5-9-15/h6-7,10-11,13,15H,3-5,8-9,12H2,1-2H3,(H,21,23)(H3,19,20,22). The Kier molecular flexibility index (Phi) is 6.44. The predicted molar refractivity (Wildman–Crippen MR) is 95.7 cm³/mol. The number of hydrogen-bond donors (Lipinski definition) is 3. The van der Waals surface area contributed by atoms with Crippen LogP contribution in [-0.4, -0.2) is 24.5 Å². The number of rotatable bonds is 5. The maximum absolute atomic E-state index is 11.9. The second-order valence-electron chi connectivity index (χ2n) is 6.51. The summed E-state index contributed by atoms with van der Waals surface area (Å²) in [6, 6.07) is 8.37. The zero-order valence-electron chi connectivity index (χ0n) is 14.1. The fourth-order valence-corrected chi connectivity index (χ4v) is 2.84. The molecule has 1 saturated carbocycles. The SMILES string of the molecule is CC(C)c1cccc(NC(N)=NCC(=O)NC2CCCCC2)c1. The summed E-state index contributed by atoms with van der Waals surface area (Å²) in [5.41, 5.74) is 8.00. The fraction of sp³-hybridized carbons (Fsp3) is 0.556. The first-order valence-corrected chi connectivity index (χ1v) is 8.51. The van der Waals surface area contributed by atoms with Crippen molar-refractivity contribution in [3.05, 3.63) is 29.8 Å². The van der Waals surface area contributed by atoms with Gasteiger partial charge in [0.15, 0.2) is 5.96 Å². The van der Waals surface area contributed by atoms with Gasteiger partial charge in [-0.05, 0) is 36.5 Å². The second kappa shape index (κ2) is 8.56. The highest BCUT2D eigenvalue weighted by Crippen LogP contribution is 2.18. The third-order valence-corrected chi connectivity index (χ3v) is 4.19. The van der Waals surface area contributed by atoms with E-state index in [9.17, 15) is 4.79 Å². The Labute approximate surface area is 138 Å². The quantitative estimate of drug-likeness (QED) is 0.577. The van der Waals surface area contributed by atoms with Gasteiger partial charge in [0.1, 0.15) is 6.54 Å². The number of aliphatic imine (C=N–C) groups is 1. The molecular formula is C18H28N4O. The molecule has 1 aromatic carbocycles. The largest absolute Gasteiger partial charge is 0.370 e. The number of nitrogens with one attached hydrogen (secondary N) is 2. The molecule has 23 heavy (non-hydrogen) atoms. The normalized spacial score (nSPS) is 16.4. The fourth-order valence-electron chi connectivity index (χ4n) is 2.84. The van der Waals surface area contributed by atoms with Crippen molar-refractivity contribution in [1.82, 2.24) is 5.32 Å². The number of amides is 1. The third-order valence-electron chi connectivity index (χ3n) is 4.19. The lowest BCUT2D eigenvalue weighted by atomic mass is 9.95. The summed E-state index contributed by atoms with van der Waals surface area (Å²) in [6.45, 7) is 4.36. The minimum atomic E-state index is -0.0578. The predicted octanol–water partition coefficient (Wildman–Crippen LogP) is 2.99. The maximum atomic E-state index is 11.9. The molecule has 0 heterocycles. The van der Waals surface area contributed by atoms with Crippen LogP contribution < -0.4 is 16.4 Å². The van der Waals surface area contributed by atoms with Gasteiger partial charge in [0, 0.05) is 11.7 Å². The molecule has 0 unspecified atom stereocenters. The number of hydrogen-bond acceptors (Lipinski definition) is 2. The summed E-state index contributed by atoms with van der Waals surface area (Å²) in [7, 11) is 0. The Morgan fingerprint density at radius 3 is 2.74 bits per heavy atom. The van der Waals surface area contributed by atoms with E-state index in [1.165, 1.54) is 24.8 Å². The van der Waals surface area contributed by atoms with Gasteiger partial charge in [-0.3, -0.25) is 4.79 Å². The smallest absolute Gasteiger partial charge is 0.242 e. The van der Waals surface area contributed by atoms with Crippen LogP contribution in [0, 0.1) is 0 Å². The van der Waals surface area contributed by atoms with Gasteiger partial charge in [-0.2, -0.15) is 0 Å². The molecule has 0 bridgehead atoms. The van der Waals surface area contributed by atoms with Crippen LogP contribution in [0.2, 0.25) is 0 Å². The lowest BCUT2D eigenvalue weighted by Crippen LogP contribution is -2.38. The van der Waals surface area contributed by atoms with Crippen LogP contribution in [0.5, 0.6) is 0 Å². The van der Waals surface area contributed by atoms with E-state index < -0.39 is 0 Å². The van der Waals surface area contributed by atoms with Gasteiger partial charge in [0.2, 0.25) is 5.91 Å². The van der Waals surface area contributed by atoms with Gasteiger partial charge in [0.05, 0.1) is 0 Å². The van der Waals surface area contributed by atoms with Crippen LogP contribution in [0.4, 0.5) is 5.69 Å². The number of carbonyl (C=O) groups is 1. The highest BCUT2D eigenvalue weighted by atomic mass is 16.1. The van der Waals surface area contributed by atoms with Crippen LogP contribution in [0.3, 0.4) is 0 Å². The molecular weight excluding hydrogens is 288 g/mol. The van der Waals surface area contributed by atoms with Gasteiger partial charge in [-0.1, -0.05) is 45.2 Å². The summed E-state index contributed by atoms with van der Waals surface area (Å²) >= 11 is 0. The van der Waals surface area contributed by atoms with Gasteiger partial charge in [-0.25, -0.2) is 4.99 Å². The number of nitrogens with zero attached hydrogens (tertiary/aromatic N) is 1. The number of benzene rings is 1. The first kappa shape index (κ1) is 17.3. The lowest BCUT2D eigenvalue weighted by Gasteiger charge is -2.22. The zero-order valence-corrected chi connectivity index (χ0v) is 14.1. The number of anilines is 1. The third kappa shape index (κ3) is 5.93. The van der Waals surface area contributed by atoms with E-state index in [-0.39, 0.29) is 18.4 Å². The Morgan fingerprint density at radius 1 is 1.30 bits per heavy atom. The number of nitrogens with two attached hydrogens (primary N) is 1. The second-order valence-corrected chi connectivity index (χ2v) is 6.51. The zero-order chi connectivity index (χ0) is 16.7. The van der Waals surface area contributed by atoms with E-state index in [2.05, 4.69) is 41.6 Å². The van der Waals surface area contributed by atoms with Crippen LogP contribution in [0.1, 0.15) is 57.4 Å². The molecule has 0 spiro atoms. The topological polar surface area (TPSA) is 79.5 Å². The molecule has 0 saturated heterocycles. The van der Waals surface area contributed by atoms with Crippen molar-refractivity contribution in [2.24, 2.45) is 10.7 Å². The van der Waals surface area contributed by atoms with Crippen molar-refractivity contribution in [2.75, 3.05) is 11.9 Å². The molecule has 1 aliphatic rings. The highest BCUT2D eigenvalue weighted by molar-refractivity contribution is 5.93. The van der Waals surface area contributed by atoms with Crippen molar-refractivity contribution >= 4 is 17.6 Å². The molecule has 1 fully saturated rings. The summed E-state index contributed by atoms with van der Waals surface area (Å²) in [5.74, 6) is 0.665. The number of carbonyl (C=O) groups excluding carboxylic acids is 1. The van der Waals surface area contributed by atoms with Crippen molar-refractivity contribution in [3.63, 3.8) is 0 Å². The van der Waals surface area contributed by atoms with E-state index in [1.54, 1.807) is 0 Å². The molecule has 1 aliphatic carbocycles. The van der Waals surface area contributed by atoms with Crippen LogP contribution in [-0.2, 0) is 4.79 Å². The maximum Gasteiger partial charge on any atom is 0.242 e. The van der Waals surface area contributed by atoms with E-state index in [4.69, 9.17) is 5.73 Å². The summed E-state index contributed by atoms with van der Waals surface area (Å²) < 4.78 is 0. The monoisotopic (exact) mass is 316 g/mol. The molecule has 5 nitrogen and oxygen atoms in total. The molecule has 1 aromatic rings. The van der Waals surface area contributed by atoms with Crippen molar-refractivity contribution in [1.29, 1.82) is 0 Å². The summed E-state index contributed by atoms with van der Waals surface area (Å²) in [5, 5.41) is 6.08. The summed E-state index contributed by atoms with van der Waals surface area (Å²) in [4.78, 5) is 16.0. The Balaban J connectivity index is 1.82.